The van der Waals surface area contributed by atoms with E-state index in [1.54, 1.807) is 19.5 Å². The van der Waals surface area contributed by atoms with Gasteiger partial charge in [-0.05, 0) is 37.3 Å². The van der Waals surface area contributed by atoms with E-state index in [1.165, 1.54) is 0 Å². The van der Waals surface area contributed by atoms with Crippen LogP contribution in [0.5, 0.6) is 6.01 Å². The average molecular weight is 373 g/mol. The monoisotopic (exact) mass is 373 g/mol. The van der Waals surface area contributed by atoms with E-state index in [4.69, 9.17) is 9.72 Å². The lowest BCUT2D eigenvalue weighted by Crippen LogP contribution is -2.48. The van der Waals surface area contributed by atoms with Gasteiger partial charge >= 0.3 is 0 Å². The highest BCUT2D eigenvalue weighted by Gasteiger charge is 2.33. The normalized spacial score (nSPS) is 14.3. The van der Waals surface area contributed by atoms with Gasteiger partial charge in [-0.1, -0.05) is 0 Å². The van der Waals surface area contributed by atoms with Crippen molar-refractivity contribution >= 4 is 17.1 Å². The van der Waals surface area contributed by atoms with Crippen molar-refractivity contribution in [1.82, 2.24) is 29.5 Å². The van der Waals surface area contributed by atoms with Crippen molar-refractivity contribution in [1.29, 1.82) is 0 Å². The second-order valence-electron chi connectivity index (χ2n) is 6.80. The van der Waals surface area contributed by atoms with Crippen LogP contribution in [0.2, 0.25) is 0 Å². The number of hydrogen-bond donors (Lipinski definition) is 0. The Kier molecular flexibility index (Phi) is 3.89. The molecule has 1 aliphatic heterocycles. The summed E-state index contributed by atoms with van der Waals surface area (Å²) < 4.78 is 7.52. The van der Waals surface area contributed by atoms with E-state index in [2.05, 4.69) is 29.4 Å². The fraction of sp³-hybridized carbons (Fsp3) is 0.250. The summed E-state index contributed by atoms with van der Waals surface area (Å²) in [7, 11) is 1.64. The van der Waals surface area contributed by atoms with Crippen LogP contribution in [0, 0.1) is 6.92 Å². The van der Waals surface area contributed by atoms with E-state index >= 15 is 0 Å². The minimum absolute atomic E-state index is 0.211. The molecule has 1 fully saturated rings. The number of anilines is 1. The van der Waals surface area contributed by atoms with Crippen LogP contribution in [0.15, 0.2) is 48.9 Å². The van der Waals surface area contributed by atoms with Gasteiger partial charge in [0.05, 0.1) is 18.8 Å². The van der Waals surface area contributed by atoms with Crippen molar-refractivity contribution in [3.8, 4) is 17.3 Å². The fourth-order valence-electron chi connectivity index (χ4n) is 3.44. The number of pyridine rings is 2. The van der Waals surface area contributed by atoms with Crippen molar-refractivity contribution in [3.05, 3.63) is 54.6 Å². The van der Waals surface area contributed by atoms with Gasteiger partial charge in [0, 0.05) is 42.9 Å². The molecule has 0 aromatic carbocycles. The number of hydrogen-bond acceptors (Lipinski definition) is 7. The van der Waals surface area contributed by atoms with Gasteiger partial charge in [0.2, 0.25) is 5.95 Å². The molecular formula is C20H19N7O. The Hall–Kier alpha value is -3.55. The van der Waals surface area contributed by atoms with Crippen LogP contribution in [-0.2, 0) is 0 Å². The summed E-state index contributed by atoms with van der Waals surface area (Å²) in [6.45, 7) is 3.51. The molecule has 0 saturated carbocycles. The predicted octanol–water partition coefficient (Wildman–Crippen LogP) is 2.66. The fourth-order valence-corrected chi connectivity index (χ4v) is 3.44. The van der Waals surface area contributed by atoms with Crippen LogP contribution < -0.4 is 9.64 Å². The maximum absolute atomic E-state index is 5.47. The lowest BCUT2D eigenvalue weighted by Gasteiger charge is -2.40. The second kappa shape index (κ2) is 6.56. The third-order valence-electron chi connectivity index (χ3n) is 4.96. The summed E-state index contributed by atoms with van der Waals surface area (Å²) in [5, 5.41) is 0. The van der Waals surface area contributed by atoms with Crippen LogP contribution in [0.1, 0.15) is 11.7 Å². The second-order valence-corrected chi connectivity index (χ2v) is 6.80. The van der Waals surface area contributed by atoms with Crippen LogP contribution in [0.3, 0.4) is 0 Å². The van der Waals surface area contributed by atoms with E-state index < -0.39 is 0 Å². The molecule has 140 valence electrons. The van der Waals surface area contributed by atoms with Crippen molar-refractivity contribution in [2.75, 3.05) is 25.1 Å². The minimum Gasteiger partial charge on any atom is -0.468 e. The summed E-state index contributed by atoms with van der Waals surface area (Å²) >= 11 is 0. The van der Waals surface area contributed by atoms with Crippen molar-refractivity contribution in [3.63, 3.8) is 0 Å². The quantitative estimate of drug-likeness (QED) is 0.544. The first-order valence-corrected chi connectivity index (χ1v) is 9.11. The first kappa shape index (κ1) is 16.6. The molecule has 0 unspecified atom stereocenters. The lowest BCUT2D eigenvalue weighted by molar-refractivity contribution is 0.313. The topological polar surface area (TPSA) is 81.9 Å². The molecule has 0 atom stereocenters. The maximum atomic E-state index is 5.47. The van der Waals surface area contributed by atoms with Crippen LogP contribution in [0.25, 0.3) is 22.4 Å². The number of aryl methyl sites for hydroxylation is 1. The van der Waals surface area contributed by atoms with E-state index in [1.807, 2.05) is 43.5 Å². The third-order valence-corrected chi connectivity index (χ3v) is 4.96. The Morgan fingerprint density at radius 3 is 2.68 bits per heavy atom. The number of ether oxygens (including phenoxy) is 1. The Morgan fingerprint density at radius 2 is 1.89 bits per heavy atom. The lowest BCUT2D eigenvalue weighted by atomic mass is 10.1. The minimum atomic E-state index is 0.211. The number of nitrogens with zero attached hydrogens (tertiary/aromatic N) is 7. The summed E-state index contributed by atoms with van der Waals surface area (Å²) in [6.07, 6.45) is 5.41. The number of imidazole rings is 1. The van der Waals surface area contributed by atoms with Crippen molar-refractivity contribution in [2.45, 2.75) is 13.0 Å². The van der Waals surface area contributed by atoms with Gasteiger partial charge in [-0.25, -0.2) is 15.0 Å². The Balaban J connectivity index is 1.39. The zero-order valence-electron chi connectivity index (χ0n) is 15.6. The zero-order valence-corrected chi connectivity index (χ0v) is 15.6. The summed E-state index contributed by atoms with van der Waals surface area (Å²) in [5.41, 5.74) is 4.51. The Bertz CT molecular complexity index is 1130. The molecule has 1 saturated heterocycles. The molecule has 5 rings (SSSR count). The summed E-state index contributed by atoms with van der Waals surface area (Å²) in [5.74, 6) is 0.714. The highest BCUT2D eigenvalue weighted by Crippen LogP contribution is 2.32. The van der Waals surface area contributed by atoms with Crippen LogP contribution >= 0.6 is 0 Å². The molecular weight excluding hydrogens is 354 g/mol. The van der Waals surface area contributed by atoms with Crippen molar-refractivity contribution in [2.24, 2.45) is 0 Å². The third kappa shape index (κ3) is 2.74. The van der Waals surface area contributed by atoms with Gasteiger partial charge in [-0.3, -0.25) is 9.55 Å². The molecule has 4 aromatic rings. The van der Waals surface area contributed by atoms with Crippen molar-refractivity contribution < 1.29 is 4.74 Å². The van der Waals surface area contributed by atoms with E-state index in [0.717, 1.165) is 41.2 Å². The Morgan fingerprint density at radius 1 is 1.00 bits per heavy atom. The molecule has 4 aromatic heterocycles. The Labute approximate surface area is 161 Å². The smallest absolute Gasteiger partial charge is 0.298 e. The summed E-state index contributed by atoms with van der Waals surface area (Å²) in [4.78, 5) is 24.7. The molecule has 0 aliphatic carbocycles. The average Bonchev–Trinajstić information content (AvgIpc) is 3.06. The predicted molar refractivity (Wildman–Crippen MR) is 105 cm³/mol. The van der Waals surface area contributed by atoms with Gasteiger partial charge in [0.25, 0.3) is 6.01 Å². The highest BCUT2D eigenvalue weighted by molar-refractivity contribution is 5.72. The summed E-state index contributed by atoms with van der Waals surface area (Å²) in [6, 6.07) is 10.5. The number of fused-ring (bicyclic) bond motifs is 1. The van der Waals surface area contributed by atoms with E-state index in [9.17, 15) is 0 Å². The molecule has 0 spiro atoms. The maximum Gasteiger partial charge on any atom is 0.298 e. The largest absolute Gasteiger partial charge is 0.468 e. The van der Waals surface area contributed by atoms with E-state index in [-0.39, 0.29) is 6.04 Å². The SMILES string of the molecule is COc1nc2cccnc2n1C1CN(c2nccc(-c3ccc(C)nc3)n2)C1. The molecule has 5 heterocycles. The number of aromatic nitrogens is 6. The molecule has 8 heteroatoms. The molecule has 0 bridgehead atoms. The van der Waals surface area contributed by atoms with E-state index in [0.29, 0.717) is 12.0 Å². The van der Waals surface area contributed by atoms with Crippen LogP contribution in [-0.4, -0.2) is 49.7 Å². The molecule has 0 radical (unpaired) electrons. The van der Waals surface area contributed by atoms with Gasteiger partial charge in [0.15, 0.2) is 5.65 Å². The highest BCUT2D eigenvalue weighted by atomic mass is 16.5. The molecule has 0 N–H and O–H groups in total. The van der Waals surface area contributed by atoms with Gasteiger partial charge in [-0.2, -0.15) is 4.98 Å². The van der Waals surface area contributed by atoms with Gasteiger partial charge < -0.3 is 9.64 Å². The number of rotatable bonds is 4. The molecule has 0 amide bonds. The standard InChI is InChI=1S/C20H19N7O/c1-13-5-6-14(10-23-13)16-7-9-22-19(24-16)26-11-15(12-26)27-18-17(4-3-8-21-18)25-20(27)28-2/h3-10,15H,11-12H2,1-2H3. The zero-order chi connectivity index (χ0) is 19.1. The van der Waals surface area contributed by atoms with Crippen LogP contribution in [0.4, 0.5) is 5.95 Å². The van der Waals surface area contributed by atoms with Gasteiger partial charge in [0.1, 0.15) is 5.52 Å². The molecule has 1 aliphatic rings. The first-order chi connectivity index (χ1) is 13.7. The number of methoxy groups -OCH3 is 1. The molecule has 28 heavy (non-hydrogen) atoms. The van der Waals surface area contributed by atoms with Gasteiger partial charge in [-0.15, -0.1) is 0 Å². The molecule has 8 nitrogen and oxygen atoms in total. The first-order valence-electron chi connectivity index (χ1n) is 9.11.